The van der Waals surface area contributed by atoms with Crippen LogP contribution in [0.4, 0.5) is 0 Å². The van der Waals surface area contributed by atoms with Gasteiger partial charge in [-0.05, 0) is 157 Å². The number of rotatable bonds is 15. The van der Waals surface area contributed by atoms with Gasteiger partial charge in [-0.2, -0.15) is 8.42 Å². The van der Waals surface area contributed by atoms with Crippen molar-refractivity contribution in [2.75, 3.05) is 19.8 Å². The molecule has 2 atom stereocenters. The molecular formula is C81H94N4O4S. The lowest BCUT2D eigenvalue weighted by Gasteiger charge is -2.25. The monoisotopic (exact) mass is 1220 g/mol. The molecule has 0 aliphatic carbocycles. The quantitative estimate of drug-likeness (QED) is 0.100. The van der Waals surface area contributed by atoms with E-state index < -0.39 is 10.1 Å². The smallest absolute Gasteiger partial charge is 0.296 e. The number of para-hydroxylation sites is 4. The van der Waals surface area contributed by atoms with Crippen molar-refractivity contribution >= 4 is 97.3 Å². The van der Waals surface area contributed by atoms with Crippen molar-refractivity contribution in [3.8, 4) is 22.3 Å². The molecule has 4 aromatic heterocycles. The van der Waals surface area contributed by atoms with Crippen LogP contribution in [0.25, 0.3) is 109 Å². The lowest BCUT2D eigenvalue weighted by molar-refractivity contribution is 0.198. The van der Waals surface area contributed by atoms with Gasteiger partial charge in [0.05, 0.1) is 11.5 Å². The van der Waals surface area contributed by atoms with Crippen molar-refractivity contribution in [2.45, 2.75) is 131 Å². The molecule has 2 N–H and O–H groups in total. The Labute approximate surface area is 534 Å². The number of nitrogens with one attached hydrogen (secondary N) is 2. The zero-order valence-corrected chi connectivity index (χ0v) is 55.8. The number of H-pyrrole nitrogens is 2. The van der Waals surface area contributed by atoms with Crippen LogP contribution >= 0.6 is 0 Å². The minimum absolute atomic E-state index is 0.239. The predicted molar refractivity (Wildman–Crippen MR) is 386 cm³/mol. The highest BCUT2D eigenvalue weighted by Crippen LogP contribution is 2.37. The fourth-order valence-electron chi connectivity index (χ4n) is 12.9. The summed E-state index contributed by atoms with van der Waals surface area (Å²) >= 11 is 0. The number of aryl methyl sites for hydroxylation is 3. The molecule has 8 nitrogen and oxygen atoms in total. The van der Waals surface area contributed by atoms with E-state index in [0.29, 0.717) is 11.3 Å². The summed E-state index contributed by atoms with van der Waals surface area (Å²) in [6.07, 6.45) is 13.7. The average molecular weight is 1220 g/mol. The number of hydrogen-bond acceptors (Lipinski definition) is 4. The zero-order valence-electron chi connectivity index (χ0n) is 55.0. The predicted octanol–water partition coefficient (Wildman–Crippen LogP) is 22.6. The summed E-state index contributed by atoms with van der Waals surface area (Å²) in [5, 5.41) is 10.4. The molecule has 468 valence electrons. The summed E-state index contributed by atoms with van der Waals surface area (Å²) in [5.41, 5.74) is 16.4. The van der Waals surface area contributed by atoms with E-state index in [2.05, 4.69) is 252 Å². The van der Waals surface area contributed by atoms with Crippen molar-refractivity contribution in [3.05, 3.63) is 200 Å². The van der Waals surface area contributed by atoms with Crippen LogP contribution in [0.3, 0.4) is 0 Å². The van der Waals surface area contributed by atoms with Gasteiger partial charge < -0.3 is 23.8 Å². The summed E-state index contributed by atoms with van der Waals surface area (Å²) in [6, 6.07) is 68.0. The van der Waals surface area contributed by atoms with Crippen molar-refractivity contribution in [1.29, 1.82) is 0 Å². The third-order valence-corrected chi connectivity index (χ3v) is 19.4. The van der Waals surface area contributed by atoms with E-state index in [4.69, 9.17) is 8.92 Å². The van der Waals surface area contributed by atoms with E-state index in [1.165, 1.54) is 154 Å². The van der Waals surface area contributed by atoms with Gasteiger partial charge in [0.15, 0.2) is 0 Å². The first-order valence-electron chi connectivity index (χ1n) is 33.1. The van der Waals surface area contributed by atoms with Gasteiger partial charge in [-0.1, -0.05) is 208 Å². The van der Waals surface area contributed by atoms with Gasteiger partial charge in [-0.3, -0.25) is 4.18 Å². The molecule has 0 saturated carbocycles. The summed E-state index contributed by atoms with van der Waals surface area (Å²) < 4.78 is 38.7. The molecule has 2 unspecified atom stereocenters. The van der Waals surface area contributed by atoms with Gasteiger partial charge in [-0.15, -0.1) is 0 Å². The van der Waals surface area contributed by atoms with Crippen LogP contribution in [-0.4, -0.2) is 47.3 Å². The molecule has 0 amide bonds. The van der Waals surface area contributed by atoms with E-state index in [9.17, 15) is 8.42 Å². The maximum absolute atomic E-state index is 12.0. The molecule has 1 aliphatic rings. The summed E-state index contributed by atoms with van der Waals surface area (Å²) in [4.78, 5) is 7.24. The SMILES string of the molecule is C1CCOC1.CCCCC(CC)CC(C)(C)C.CCCCC(CC)COS(=O)(=O)c1ccc(C)cc1.Cn1c2ccccc2c2cc(-c3ccc4c(c3)c3ccccc3n4C)ccc21.c1ccc2c(c1)[nH]c1ccc(-c3ccc4[nH]c5ccccc5c4c3)cc12. The molecule has 1 saturated heterocycles. The first kappa shape index (κ1) is 65.0. The van der Waals surface area contributed by atoms with E-state index in [1.807, 2.05) is 6.92 Å². The van der Waals surface area contributed by atoms with Gasteiger partial charge in [0.25, 0.3) is 10.1 Å². The van der Waals surface area contributed by atoms with Crippen molar-refractivity contribution < 1.29 is 17.3 Å². The van der Waals surface area contributed by atoms with Crippen LogP contribution in [0.2, 0.25) is 0 Å². The maximum Gasteiger partial charge on any atom is 0.296 e. The van der Waals surface area contributed by atoms with Gasteiger partial charge in [0, 0.05) is 115 Å². The standard InChI is InChI=1S/C26H20N2.C24H16N2.C15H24O3S.C12H26.C4H8O/c1-27-23-9-5-3-7-19(23)21-15-17(11-13-25(21)27)18-12-14-26-22(16-18)20-8-4-6-10-24(20)28(26)2;1-3-7-21-17(5-1)19-13-15(9-11-23(19)25-21)16-10-12-24-20(14-16)18-6-2-4-8-22(18)26-24;1-4-6-7-14(5-2)12-18-19(16,17)15-10-8-13(3)9-11-15;1-6-8-9-11(7-2)10-12(3,4)5;1-2-4-5-3-1/h3-16H,1-2H3;1-14,25-26H;8-11,14H,4-7,12H2,1-3H3;11H,6-10H2,1-5H3;1-4H2. The van der Waals surface area contributed by atoms with E-state index in [0.717, 1.165) is 50.4 Å². The second-order valence-electron chi connectivity index (χ2n) is 25.9. The van der Waals surface area contributed by atoms with Crippen LogP contribution in [0.15, 0.2) is 199 Å². The fraction of sp³-hybridized carbons (Fsp3) is 0.333. The molecule has 1 aliphatic heterocycles. The molecular weight excluding hydrogens is 1120 g/mol. The first-order chi connectivity index (χ1) is 43.6. The van der Waals surface area contributed by atoms with Crippen molar-refractivity contribution in [3.63, 3.8) is 0 Å². The Morgan fingerprint density at radius 3 is 1.28 bits per heavy atom. The molecule has 0 radical (unpaired) electrons. The highest BCUT2D eigenvalue weighted by Gasteiger charge is 2.19. The minimum atomic E-state index is -3.61. The zero-order chi connectivity index (χ0) is 63.4. The molecule has 0 spiro atoms. The molecule has 90 heavy (non-hydrogen) atoms. The van der Waals surface area contributed by atoms with Gasteiger partial charge in [0.2, 0.25) is 0 Å². The second kappa shape index (κ2) is 29.8. The summed E-state index contributed by atoms with van der Waals surface area (Å²) in [5.74, 6) is 1.28. The topological polar surface area (TPSA) is 94.0 Å². The normalized spacial score (nSPS) is 13.3. The first-order valence-corrected chi connectivity index (χ1v) is 34.5. The van der Waals surface area contributed by atoms with Crippen LogP contribution in [0.5, 0.6) is 0 Å². The number of nitrogens with zero attached hydrogens (tertiary/aromatic N) is 2. The number of hydrogen-bond donors (Lipinski definition) is 2. The largest absolute Gasteiger partial charge is 0.381 e. The Morgan fingerprint density at radius 1 is 0.467 bits per heavy atom. The lowest BCUT2D eigenvalue weighted by Crippen LogP contribution is -2.14. The molecule has 13 aromatic rings. The van der Waals surface area contributed by atoms with Crippen molar-refractivity contribution in [1.82, 2.24) is 19.1 Å². The fourth-order valence-corrected chi connectivity index (χ4v) is 13.9. The Balaban J connectivity index is 0.000000134. The molecule has 5 heterocycles. The summed E-state index contributed by atoms with van der Waals surface area (Å²) in [6.45, 7) is 20.1. The average Bonchev–Trinajstić information content (AvgIpc) is 1.70. The lowest BCUT2D eigenvalue weighted by atomic mass is 9.81. The number of benzene rings is 9. The van der Waals surface area contributed by atoms with E-state index in [-0.39, 0.29) is 11.5 Å². The Morgan fingerprint density at radius 2 is 0.856 bits per heavy atom. The maximum atomic E-state index is 12.0. The number of fused-ring (bicyclic) bond motifs is 12. The van der Waals surface area contributed by atoms with Crippen LogP contribution in [-0.2, 0) is 33.1 Å². The second-order valence-corrected chi connectivity index (χ2v) is 27.6. The highest BCUT2D eigenvalue weighted by molar-refractivity contribution is 7.86. The van der Waals surface area contributed by atoms with E-state index >= 15 is 0 Å². The number of aromatic nitrogens is 4. The molecule has 0 bridgehead atoms. The van der Waals surface area contributed by atoms with E-state index in [1.54, 1.807) is 24.3 Å². The number of unbranched alkanes of at least 4 members (excludes halogenated alkanes) is 2. The van der Waals surface area contributed by atoms with Crippen molar-refractivity contribution in [2.24, 2.45) is 31.3 Å². The third-order valence-electron chi connectivity index (χ3n) is 18.1. The minimum Gasteiger partial charge on any atom is -0.381 e. The molecule has 14 rings (SSSR count). The van der Waals surface area contributed by atoms with Crippen LogP contribution in [0.1, 0.15) is 125 Å². The molecule has 9 heteroatoms. The number of aromatic amines is 2. The Hall–Kier alpha value is -7.95. The molecule has 1 fully saturated rings. The van der Waals surface area contributed by atoms with Gasteiger partial charge >= 0.3 is 0 Å². The Kier molecular flexibility index (Phi) is 21.5. The van der Waals surface area contributed by atoms with Crippen LogP contribution < -0.4 is 0 Å². The summed E-state index contributed by atoms with van der Waals surface area (Å²) in [7, 11) is 0.683. The third kappa shape index (κ3) is 15.4. The Bertz CT molecular complexity index is 4370. The highest BCUT2D eigenvalue weighted by atomic mass is 32.2. The van der Waals surface area contributed by atoms with Gasteiger partial charge in [-0.25, -0.2) is 0 Å². The number of ether oxygens (including phenoxy) is 1. The van der Waals surface area contributed by atoms with Gasteiger partial charge in [0.1, 0.15) is 0 Å². The molecule has 9 aromatic carbocycles. The van der Waals surface area contributed by atoms with Crippen LogP contribution in [0, 0.1) is 24.2 Å².